The van der Waals surface area contributed by atoms with Crippen LogP contribution in [-0.4, -0.2) is 44.6 Å². The highest BCUT2D eigenvalue weighted by molar-refractivity contribution is 5.95. The second kappa shape index (κ2) is 8.66. The molecule has 1 aliphatic heterocycles. The van der Waals surface area contributed by atoms with Crippen LogP contribution < -0.4 is 0 Å². The van der Waals surface area contributed by atoms with Crippen molar-refractivity contribution >= 4 is 17.6 Å². The van der Waals surface area contributed by atoms with Crippen molar-refractivity contribution in [2.24, 2.45) is 0 Å². The van der Waals surface area contributed by atoms with Crippen LogP contribution in [0.5, 0.6) is 0 Å². The molecule has 3 rings (SSSR count). The molecule has 1 aliphatic rings. The predicted octanol–water partition coefficient (Wildman–Crippen LogP) is 3.95. The molecule has 0 aromatic heterocycles. The van der Waals surface area contributed by atoms with E-state index in [1.807, 2.05) is 0 Å². The smallest absolute Gasteiger partial charge is 0.334 e. The Bertz CT molecular complexity index is 1110. The lowest BCUT2D eigenvalue weighted by Gasteiger charge is -2.52. The first-order chi connectivity index (χ1) is 15.2. The number of carboxylic acid groups (broad SMARTS) is 2. The zero-order chi connectivity index (χ0) is 23.6. The van der Waals surface area contributed by atoms with Gasteiger partial charge in [0.15, 0.2) is 0 Å². The standard InChI is InChI=1S/C24H24N2O6/c1-4-13-25-15(2)20(22(27)28)21(17-9-8-12-19(14-17)26(31)32)24(16(25)3,23(29)30)18-10-6-5-7-11-18/h4-12,14,16,21H,1,13H2,2-3H3,(H,27,28)(H,29,30). The summed E-state index contributed by atoms with van der Waals surface area (Å²) in [6.45, 7) is 7.34. The average Bonchev–Trinajstić information content (AvgIpc) is 2.76. The Hall–Kier alpha value is -3.94. The third-order valence-corrected chi connectivity index (χ3v) is 6.27. The fourth-order valence-corrected chi connectivity index (χ4v) is 4.88. The van der Waals surface area contributed by atoms with Crippen molar-refractivity contribution in [2.75, 3.05) is 6.54 Å². The van der Waals surface area contributed by atoms with E-state index in [1.54, 1.807) is 61.2 Å². The van der Waals surface area contributed by atoms with Gasteiger partial charge >= 0.3 is 11.9 Å². The predicted molar refractivity (Wildman–Crippen MR) is 118 cm³/mol. The molecule has 2 N–H and O–H groups in total. The van der Waals surface area contributed by atoms with E-state index in [0.717, 1.165) is 0 Å². The first-order valence-corrected chi connectivity index (χ1v) is 10.0. The average molecular weight is 436 g/mol. The van der Waals surface area contributed by atoms with Gasteiger partial charge in [-0.2, -0.15) is 0 Å². The van der Waals surface area contributed by atoms with E-state index in [1.165, 1.54) is 18.2 Å². The molecule has 2 aromatic rings. The molecule has 1 heterocycles. The minimum absolute atomic E-state index is 0.114. The van der Waals surface area contributed by atoms with Crippen molar-refractivity contribution in [3.63, 3.8) is 0 Å². The van der Waals surface area contributed by atoms with E-state index >= 15 is 0 Å². The lowest BCUT2D eigenvalue weighted by Crippen LogP contribution is -2.60. The van der Waals surface area contributed by atoms with Crippen LogP contribution in [0.4, 0.5) is 5.69 Å². The Balaban J connectivity index is 2.49. The van der Waals surface area contributed by atoms with Gasteiger partial charge in [0.05, 0.1) is 10.5 Å². The van der Waals surface area contributed by atoms with E-state index in [2.05, 4.69) is 6.58 Å². The number of hydrogen-bond donors (Lipinski definition) is 2. The van der Waals surface area contributed by atoms with Crippen LogP contribution in [0.1, 0.15) is 30.9 Å². The molecule has 0 spiro atoms. The Labute approximate surface area is 185 Å². The van der Waals surface area contributed by atoms with E-state index < -0.39 is 34.2 Å². The van der Waals surface area contributed by atoms with E-state index in [4.69, 9.17) is 0 Å². The van der Waals surface area contributed by atoms with Crippen LogP contribution >= 0.6 is 0 Å². The van der Waals surface area contributed by atoms with E-state index in [-0.39, 0.29) is 23.4 Å². The van der Waals surface area contributed by atoms with Gasteiger partial charge in [-0.1, -0.05) is 48.5 Å². The summed E-state index contributed by atoms with van der Waals surface area (Å²) in [7, 11) is 0. The summed E-state index contributed by atoms with van der Waals surface area (Å²) in [5.74, 6) is -3.66. The first kappa shape index (κ1) is 22.7. The number of allylic oxidation sites excluding steroid dienone is 1. The minimum Gasteiger partial charge on any atom is -0.480 e. The second-order valence-electron chi connectivity index (χ2n) is 7.75. The molecule has 0 amide bonds. The highest BCUT2D eigenvalue weighted by atomic mass is 16.6. The zero-order valence-corrected chi connectivity index (χ0v) is 17.8. The Morgan fingerprint density at radius 3 is 2.38 bits per heavy atom. The van der Waals surface area contributed by atoms with Crippen LogP contribution in [0.25, 0.3) is 0 Å². The molecule has 0 fully saturated rings. The van der Waals surface area contributed by atoms with Crippen LogP contribution in [0, 0.1) is 10.1 Å². The first-order valence-electron chi connectivity index (χ1n) is 10.0. The lowest BCUT2D eigenvalue weighted by molar-refractivity contribution is -0.384. The summed E-state index contributed by atoms with van der Waals surface area (Å²) in [4.78, 5) is 38.2. The number of hydrogen-bond acceptors (Lipinski definition) is 5. The normalized spacial score (nSPS) is 23.0. The fourth-order valence-electron chi connectivity index (χ4n) is 4.88. The van der Waals surface area contributed by atoms with E-state index in [9.17, 15) is 29.9 Å². The summed E-state index contributed by atoms with van der Waals surface area (Å²) < 4.78 is 0. The SMILES string of the molecule is C=CCN1C(C)=C(C(=O)O)C(c2cccc([N+](=O)[O-])c2)C(C(=O)O)(c2ccccc2)C1C. The molecule has 3 unspecified atom stereocenters. The lowest BCUT2D eigenvalue weighted by atomic mass is 9.58. The molecule has 0 saturated heterocycles. The number of rotatable bonds is 7. The maximum atomic E-state index is 13.1. The number of non-ortho nitro benzene ring substituents is 1. The number of carbonyl (C=O) groups is 2. The second-order valence-corrected chi connectivity index (χ2v) is 7.75. The fraction of sp³-hybridized carbons (Fsp3) is 0.250. The summed E-state index contributed by atoms with van der Waals surface area (Å²) in [5, 5.41) is 32.3. The Morgan fingerprint density at radius 1 is 1.19 bits per heavy atom. The van der Waals surface area contributed by atoms with Crippen LogP contribution in [-0.2, 0) is 15.0 Å². The molecule has 166 valence electrons. The number of benzene rings is 2. The molecule has 0 bridgehead atoms. The van der Waals surface area contributed by atoms with Gasteiger partial charge in [0.1, 0.15) is 5.41 Å². The van der Waals surface area contributed by atoms with Crippen LogP contribution in [0.3, 0.4) is 0 Å². The summed E-state index contributed by atoms with van der Waals surface area (Å²) in [6, 6.07) is 13.3. The van der Waals surface area contributed by atoms with Gasteiger partial charge < -0.3 is 15.1 Å². The van der Waals surface area contributed by atoms with E-state index in [0.29, 0.717) is 11.3 Å². The third-order valence-electron chi connectivity index (χ3n) is 6.27. The summed E-state index contributed by atoms with van der Waals surface area (Å²) in [6.07, 6.45) is 1.59. The number of nitrogens with zero attached hydrogens (tertiary/aromatic N) is 2. The largest absolute Gasteiger partial charge is 0.480 e. The molecule has 0 aliphatic carbocycles. The Kier molecular flexibility index (Phi) is 6.16. The topological polar surface area (TPSA) is 121 Å². The third kappa shape index (κ3) is 3.43. The molecule has 32 heavy (non-hydrogen) atoms. The van der Waals surface area contributed by atoms with Crippen molar-refractivity contribution in [1.29, 1.82) is 0 Å². The number of aliphatic carboxylic acids is 2. The van der Waals surface area contributed by atoms with Gasteiger partial charge in [-0.3, -0.25) is 14.9 Å². The van der Waals surface area contributed by atoms with Crippen LogP contribution in [0.2, 0.25) is 0 Å². The zero-order valence-electron chi connectivity index (χ0n) is 17.8. The monoisotopic (exact) mass is 436 g/mol. The maximum Gasteiger partial charge on any atom is 0.334 e. The Morgan fingerprint density at radius 2 is 1.84 bits per heavy atom. The molecular formula is C24H24N2O6. The van der Waals surface area contributed by atoms with Gasteiger partial charge in [0, 0.05) is 36.3 Å². The molecule has 8 nitrogen and oxygen atoms in total. The van der Waals surface area contributed by atoms with Crippen molar-refractivity contribution in [3.8, 4) is 0 Å². The molecular weight excluding hydrogens is 412 g/mol. The minimum atomic E-state index is -1.73. The highest BCUT2D eigenvalue weighted by Gasteiger charge is 2.59. The quantitative estimate of drug-likeness (QED) is 0.383. The highest BCUT2D eigenvalue weighted by Crippen LogP contribution is 2.53. The molecule has 2 aromatic carbocycles. The summed E-state index contributed by atoms with van der Waals surface area (Å²) in [5.41, 5.74) is -1.01. The number of nitro groups is 1. The number of nitro benzene ring substituents is 1. The van der Waals surface area contributed by atoms with Crippen molar-refractivity contribution < 1.29 is 24.7 Å². The van der Waals surface area contributed by atoms with Gasteiger partial charge in [-0.15, -0.1) is 6.58 Å². The molecule has 0 radical (unpaired) electrons. The summed E-state index contributed by atoms with van der Waals surface area (Å²) >= 11 is 0. The molecule has 0 saturated carbocycles. The van der Waals surface area contributed by atoms with Gasteiger partial charge in [-0.25, -0.2) is 4.79 Å². The maximum absolute atomic E-state index is 13.1. The van der Waals surface area contributed by atoms with Gasteiger partial charge in [0.2, 0.25) is 0 Å². The van der Waals surface area contributed by atoms with Gasteiger partial charge in [-0.05, 0) is 25.0 Å². The van der Waals surface area contributed by atoms with Gasteiger partial charge in [0.25, 0.3) is 5.69 Å². The molecule has 8 heteroatoms. The number of carboxylic acids is 2. The van der Waals surface area contributed by atoms with Crippen molar-refractivity contribution in [1.82, 2.24) is 4.90 Å². The van der Waals surface area contributed by atoms with Crippen LogP contribution in [0.15, 0.2) is 78.5 Å². The van der Waals surface area contributed by atoms with Crippen molar-refractivity contribution in [2.45, 2.75) is 31.2 Å². The molecule has 3 atom stereocenters. The van der Waals surface area contributed by atoms with Crippen molar-refractivity contribution in [3.05, 3.63) is 99.8 Å².